The van der Waals surface area contributed by atoms with Gasteiger partial charge in [-0.2, -0.15) is 0 Å². The van der Waals surface area contributed by atoms with E-state index in [2.05, 4.69) is 29.6 Å². The minimum atomic E-state index is -0.575. The maximum atomic E-state index is 13.9. The van der Waals surface area contributed by atoms with Gasteiger partial charge in [0, 0.05) is 25.9 Å². The average Bonchev–Trinajstić information content (AvgIpc) is 3.24. The van der Waals surface area contributed by atoms with Crippen LogP contribution in [0.2, 0.25) is 0 Å². The Balaban J connectivity index is 1.36. The predicted octanol–water partition coefficient (Wildman–Crippen LogP) is 4.56. The van der Waals surface area contributed by atoms with Crippen molar-refractivity contribution >= 4 is 11.8 Å². The van der Waals surface area contributed by atoms with E-state index in [1.54, 1.807) is 30.2 Å². The lowest BCUT2D eigenvalue weighted by Crippen LogP contribution is -2.48. The lowest BCUT2D eigenvalue weighted by molar-refractivity contribution is -0.125. The first-order valence-corrected chi connectivity index (χ1v) is 13.2. The maximum absolute atomic E-state index is 13.9. The number of ether oxygens (including phenoxy) is 3. The normalized spacial score (nSPS) is 17.2. The molecule has 7 nitrogen and oxygen atoms in total. The van der Waals surface area contributed by atoms with E-state index in [1.165, 1.54) is 18.2 Å². The Labute approximate surface area is 223 Å². The first-order valence-electron chi connectivity index (χ1n) is 13.2. The van der Waals surface area contributed by atoms with Crippen LogP contribution in [-0.2, 0) is 24.2 Å². The molecule has 0 radical (unpaired) electrons. The van der Waals surface area contributed by atoms with Crippen LogP contribution in [-0.4, -0.2) is 49.6 Å². The van der Waals surface area contributed by atoms with E-state index in [4.69, 9.17) is 14.2 Å². The van der Waals surface area contributed by atoms with Gasteiger partial charge in [0.2, 0.25) is 5.91 Å². The molecule has 198 valence electrons. The molecule has 1 N–H and O–H groups in total. The third kappa shape index (κ3) is 5.62. The highest BCUT2D eigenvalue weighted by Crippen LogP contribution is 2.29. The van der Waals surface area contributed by atoms with Crippen LogP contribution in [0.25, 0.3) is 0 Å². The number of nitrogens with zero attached hydrogens (tertiary/aromatic N) is 1. The van der Waals surface area contributed by atoms with Gasteiger partial charge in [0.25, 0.3) is 5.91 Å². The van der Waals surface area contributed by atoms with Gasteiger partial charge in [-0.3, -0.25) is 9.59 Å². The second-order valence-electron chi connectivity index (χ2n) is 9.86. The van der Waals surface area contributed by atoms with Crippen molar-refractivity contribution in [2.75, 3.05) is 20.8 Å². The Morgan fingerprint density at radius 1 is 0.921 bits per heavy atom. The van der Waals surface area contributed by atoms with Crippen LogP contribution in [0.4, 0.5) is 0 Å². The second kappa shape index (κ2) is 11.6. The fourth-order valence-corrected chi connectivity index (χ4v) is 5.34. The maximum Gasteiger partial charge on any atom is 0.258 e. The molecule has 1 aliphatic carbocycles. The lowest BCUT2D eigenvalue weighted by Gasteiger charge is -2.31. The van der Waals surface area contributed by atoms with Gasteiger partial charge in [-0.25, -0.2) is 0 Å². The summed E-state index contributed by atoms with van der Waals surface area (Å²) in [5.41, 5.74) is 3.97. The van der Waals surface area contributed by atoms with Crippen molar-refractivity contribution in [1.29, 1.82) is 0 Å². The van der Waals surface area contributed by atoms with E-state index < -0.39 is 6.04 Å². The van der Waals surface area contributed by atoms with E-state index in [0.717, 1.165) is 37.0 Å². The molecule has 1 fully saturated rings. The van der Waals surface area contributed by atoms with Gasteiger partial charge in [0.15, 0.2) is 0 Å². The van der Waals surface area contributed by atoms with Crippen molar-refractivity contribution in [2.45, 2.75) is 50.8 Å². The largest absolute Gasteiger partial charge is 0.497 e. The summed E-state index contributed by atoms with van der Waals surface area (Å²) in [5.74, 6) is 1.39. The van der Waals surface area contributed by atoms with Crippen molar-refractivity contribution in [3.8, 4) is 17.2 Å². The summed E-state index contributed by atoms with van der Waals surface area (Å²) in [6.07, 6.45) is 4.28. The molecule has 1 atom stereocenters. The molecular formula is C31H34N2O5. The standard InChI is InChI=1S/C31H34N2O5/c1-36-25-14-15-29(37-2)27(19-25)31(35)33(28-9-5-6-16-32-30(28)34)20-21-10-12-24(13-11-21)38-26-17-22-7-3-4-8-23(22)18-26/h3-4,7-8,10-15,19,26,28H,5-6,9,16-18,20H2,1-2H3,(H,32,34)/t28-/m0/s1. The molecule has 1 aliphatic heterocycles. The number of carbonyl (C=O) groups is 2. The van der Waals surface area contributed by atoms with Crippen LogP contribution in [0.5, 0.6) is 17.2 Å². The minimum Gasteiger partial charge on any atom is -0.497 e. The van der Waals surface area contributed by atoms with Gasteiger partial charge in [-0.1, -0.05) is 36.4 Å². The second-order valence-corrected chi connectivity index (χ2v) is 9.86. The lowest BCUT2D eigenvalue weighted by atomic mass is 10.0. The molecule has 2 amide bonds. The Hall–Kier alpha value is -4.00. The molecule has 1 saturated heterocycles. The third-order valence-corrected chi connectivity index (χ3v) is 7.37. The monoisotopic (exact) mass is 514 g/mol. The van der Waals surface area contributed by atoms with Crippen LogP contribution in [0.15, 0.2) is 66.7 Å². The molecule has 1 heterocycles. The molecule has 3 aromatic carbocycles. The molecule has 2 aliphatic rings. The number of amides is 2. The number of rotatable bonds is 8. The zero-order valence-electron chi connectivity index (χ0n) is 21.9. The molecule has 0 unspecified atom stereocenters. The van der Waals surface area contributed by atoms with Crippen molar-refractivity contribution < 1.29 is 23.8 Å². The van der Waals surface area contributed by atoms with E-state index in [9.17, 15) is 9.59 Å². The Morgan fingerprint density at radius 2 is 1.63 bits per heavy atom. The highest BCUT2D eigenvalue weighted by atomic mass is 16.5. The summed E-state index contributed by atoms with van der Waals surface area (Å²) in [6, 6.07) is 20.8. The van der Waals surface area contributed by atoms with Gasteiger partial charge in [0.1, 0.15) is 29.4 Å². The van der Waals surface area contributed by atoms with Gasteiger partial charge in [-0.05, 0) is 66.3 Å². The smallest absolute Gasteiger partial charge is 0.258 e. The van der Waals surface area contributed by atoms with Gasteiger partial charge in [-0.15, -0.1) is 0 Å². The molecular weight excluding hydrogens is 480 g/mol. The number of benzene rings is 3. The van der Waals surface area contributed by atoms with Crippen molar-refractivity contribution in [3.05, 3.63) is 89.0 Å². The molecule has 7 heteroatoms. The summed E-state index contributed by atoms with van der Waals surface area (Å²) in [7, 11) is 3.09. The molecule has 0 aromatic heterocycles. The van der Waals surface area contributed by atoms with Crippen LogP contribution in [0, 0.1) is 0 Å². The van der Waals surface area contributed by atoms with E-state index in [0.29, 0.717) is 30.0 Å². The summed E-state index contributed by atoms with van der Waals surface area (Å²) in [4.78, 5) is 28.6. The van der Waals surface area contributed by atoms with Crippen molar-refractivity contribution in [1.82, 2.24) is 10.2 Å². The Morgan fingerprint density at radius 3 is 2.32 bits per heavy atom. The fraction of sp³-hybridized carbons (Fsp3) is 0.355. The van der Waals surface area contributed by atoms with Crippen LogP contribution >= 0.6 is 0 Å². The highest BCUT2D eigenvalue weighted by molar-refractivity contribution is 6.00. The number of nitrogens with one attached hydrogen (secondary N) is 1. The Bertz CT molecular complexity index is 1260. The summed E-state index contributed by atoms with van der Waals surface area (Å²) in [5, 5.41) is 2.97. The van der Waals surface area contributed by atoms with Crippen molar-refractivity contribution in [2.24, 2.45) is 0 Å². The minimum absolute atomic E-state index is 0.117. The Kier molecular flexibility index (Phi) is 7.82. The summed E-state index contributed by atoms with van der Waals surface area (Å²) in [6.45, 7) is 0.906. The molecule has 0 spiro atoms. The molecule has 3 aromatic rings. The van der Waals surface area contributed by atoms with Crippen LogP contribution in [0.1, 0.15) is 46.3 Å². The van der Waals surface area contributed by atoms with Crippen LogP contribution in [0.3, 0.4) is 0 Å². The van der Waals surface area contributed by atoms with Gasteiger partial charge in [0.05, 0.1) is 19.8 Å². The summed E-state index contributed by atoms with van der Waals surface area (Å²) < 4.78 is 17.1. The molecule has 5 rings (SSSR count). The highest BCUT2D eigenvalue weighted by Gasteiger charge is 2.33. The third-order valence-electron chi connectivity index (χ3n) is 7.37. The van der Waals surface area contributed by atoms with E-state index in [-0.39, 0.29) is 24.5 Å². The van der Waals surface area contributed by atoms with E-state index >= 15 is 0 Å². The number of methoxy groups -OCH3 is 2. The number of carbonyl (C=O) groups excluding carboxylic acids is 2. The average molecular weight is 515 g/mol. The van der Waals surface area contributed by atoms with Crippen LogP contribution < -0.4 is 19.5 Å². The molecule has 38 heavy (non-hydrogen) atoms. The quantitative estimate of drug-likeness (QED) is 0.477. The zero-order valence-corrected chi connectivity index (χ0v) is 21.9. The zero-order chi connectivity index (χ0) is 26.5. The number of hydrogen-bond acceptors (Lipinski definition) is 5. The fourth-order valence-electron chi connectivity index (χ4n) is 5.34. The van der Waals surface area contributed by atoms with E-state index in [1.807, 2.05) is 24.3 Å². The number of fused-ring (bicyclic) bond motifs is 1. The van der Waals surface area contributed by atoms with Gasteiger partial charge < -0.3 is 24.4 Å². The number of hydrogen-bond donors (Lipinski definition) is 1. The summed E-state index contributed by atoms with van der Waals surface area (Å²) >= 11 is 0. The predicted molar refractivity (Wildman–Crippen MR) is 145 cm³/mol. The van der Waals surface area contributed by atoms with Crippen molar-refractivity contribution in [3.63, 3.8) is 0 Å². The topological polar surface area (TPSA) is 77.1 Å². The SMILES string of the molecule is COc1ccc(OC)c(C(=O)N(Cc2ccc(OC3Cc4ccccc4C3)cc2)[C@H]2CCCCNC2=O)c1. The molecule has 0 saturated carbocycles. The first-order chi connectivity index (χ1) is 18.6. The molecule has 0 bridgehead atoms. The first kappa shape index (κ1) is 25.6. The van der Waals surface area contributed by atoms with Gasteiger partial charge >= 0.3 is 0 Å².